The Morgan fingerprint density at radius 3 is 2.04 bits per heavy atom. The number of hydrogen-bond acceptors (Lipinski definition) is 2. The fraction of sp³-hybridized carbons (Fsp3) is 0.870. The minimum atomic E-state index is 0.328. The quantitative estimate of drug-likeness (QED) is 0.612. The van der Waals surface area contributed by atoms with Gasteiger partial charge in [0.2, 0.25) is 6.33 Å². The Kier molecular flexibility index (Phi) is 7.77. The van der Waals surface area contributed by atoms with Gasteiger partial charge in [0.1, 0.15) is 12.4 Å². The topological polar surface area (TPSA) is 27.3 Å². The fourth-order valence-corrected chi connectivity index (χ4v) is 5.02. The number of aromatic nitrogens is 2. The van der Waals surface area contributed by atoms with Gasteiger partial charge in [-0.3, -0.25) is 0 Å². The molecule has 1 aromatic heterocycles. The highest BCUT2D eigenvalue weighted by Crippen LogP contribution is 2.30. The van der Waals surface area contributed by atoms with E-state index in [9.17, 15) is 0 Å². The van der Waals surface area contributed by atoms with Crippen molar-refractivity contribution in [3.63, 3.8) is 0 Å². The van der Waals surface area contributed by atoms with Crippen LogP contribution in [0.3, 0.4) is 0 Å². The van der Waals surface area contributed by atoms with Crippen LogP contribution in [-0.4, -0.2) is 29.0 Å². The summed E-state index contributed by atoms with van der Waals surface area (Å²) in [5.74, 6) is 1.29. The normalized spacial score (nSPS) is 29.6. The molecule has 2 aliphatic rings. The highest BCUT2D eigenvalue weighted by Gasteiger charge is 2.30. The second-order valence-electron chi connectivity index (χ2n) is 9.34. The number of imidazole rings is 1. The highest BCUT2D eigenvalue weighted by atomic mass is 16.5. The summed E-state index contributed by atoms with van der Waals surface area (Å²) in [5, 5.41) is 0. The van der Waals surface area contributed by atoms with Gasteiger partial charge >= 0.3 is 0 Å². The first kappa shape index (κ1) is 20.9. The number of nitrogens with zero attached hydrogens (tertiary/aromatic N) is 2. The molecule has 4 atom stereocenters. The van der Waals surface area contributed by atoms with Crippen molar-refractivity contribution in [2.75, 3.05) is 0 Å². The van der Waals surface area contributed by atoms with E-state index < -0.39 is 0 Å². The molecule has 0 aliphatic heterocycles. The molecule has 3 rings (SSSR count). The van der Waals surface area contributed by atoms with E-state index in [1.54, 1.807) is 0 Å². The van der Waals surface area contributed by atoms with Crippen molar-refractivity contribution in [3.8, 4) is 0 Å². The third-order valence-electron chi connectivity index (χ3n) is 6.21. The van der Waals surface area contributed by atoms with Gasteiger partial charge < -0.3 is 9.47 Å². The van der Waals surface area contributed by atoms with E-state index in [1.165, 1.54) is 51.4 Å². The lowest BCUT2D eigenvalue weighted by molar-refractivity contribution is -0.704. The fourth-order valence-electron chi connectivity index (χ4n) is 5.02. The number of ether oxygens (including phenoxy) is 2. The van der Waals surface area contributed by atoms with Gasteiger partial charge in [-0.05, 0) is 53.4 Å². The lowest BCUT2D eigenvalue weighted by Crippen LogP contribution is -2.42. The van der Waals surface area contributed by atoms with Gasteiger partial charge in [-0.2, -0.15) is 0 Å². The lowest BCUT2D eigenvalue weighted by Gasteiger charge is -2.32. The summed E-state index contributed by atoms with van der Waals surface area (Å²) in [5.41, 5.74) is 0. The first-order valence-corrected chi connectivity index (χ1v) is 11.4. The third-order valence-corrected chi connectivity index (χ3v) is 6.21. The zero-order valence-corrected chi connectivity index (χ0v) is 18.0. The van der Waals surface area contributed by atoms with E-state index in [0.717, 1.165) is 13.1 Å². The van der Waals surface area contributed by atoms with Crippen molar-refractivity contribution in [1.82, 2.24) is 4.57 Å². The van der Waals surface area contributed by atoms with Gasteiger partial charge in [0.15, 0.2) is 0 Å². The predicted molar refractivity (Wildman–Crippen MR) is 109 cm³/mol. The number of rotatable bonds is 8. The van der Waals surface area contributed by atoms with Crippen LogP contribution in [0.2, 0.25) is 0 Å². The van der Waals surface area contributed by atoms with Crippen LogP contribution in [-0.2, 0) is 22.6 Å². The van der Waals surface area contributed by atoms with Gasteiger partial charge in [0, 0.05) is 11.8 Å². The maximum atomic E-state index is 6.22. The standard InChI is InChI=1S/C23H41N2O2/c1-18(2)26-22-11-7-5-9-20(22)15-24-13-14-25(17-24)16-21-10-6-8-12-23(21)27-19(3)4/h13-14,17-23H,5-12,15-16H2,1-4H3/q+1. The summed E-state index contributed by atoms with van der Waals surface area (Å²) < 4.78 is 17.2. The van der Waals surface area contributed by atoms with Crippen LogP contribution >= 0.6 is 0 Å². The molecule has 4 unspecified atom stereocenters. The molecule has 1 aromatic rings. The summed E-state index contributed by atoms with van der Waals surface area (Å²) in [7, 11) is 0. The molecule has 0 aromatic carbocycles. The SMILES string of the molecule is CC(C)OC1CCCCC1Cn1cc[n+](CC2CCCCC2OC(C)C)c1. The lowest BCUT2D eigenvalue weighted by atomic mass is 9.86. The Morgan fingerprint density at radius 1 is 0.852 bits per heavy atom. The smallest absolute Gasteiger partial charge is 0.243 e. The maximum absolute atomic E-state index is 6.22. The first-order valence-electron chi connectivity index (χ1n) is 11.4. The van der Waals surface area contributed by atoms with Crippen LogP contribution in [0.4, 0.5) is 0 Å². The van der Waals surface area contributed by atoms with Crippen LogP contribution in [0.25, 0.3) is 0 Å². The van der Waals surface area contributed by atoms with E-state index in [0.29, 0.717) is 36.3 Å². The Morgan fingerprint density at radius 2 is 1.41 bits per heavy atom. The molecule has 2 aliphatic carbocycles. The molecule has 0 N–H and O–H groups in total. The second-order valence-corrected chi connectivity index (χ2v) is 9.34. The molecule has 0 spiro atoms. The highest BCUT2D eigenvalue weighted by molar-refractivity contribution is 4.80. The minimum Gasteiger partial charge on any atom is -0.375 e. The molecule has 2 fully saturated rings. The molecule has 4 heteroatoms. The molecule has 154 valence electrons. The Labute approximate surface area is 166 Å². The Balaban J connectivity index is 1.57. The molecule has 27 heavy (non-hydrogen) atoms. The molecule has 0 saturated heterocycles. The van der Waals surface area contributed by atoms with Crippen LogP contribution < -0.4 is 4.57 Å². The monoisotopic (exact) mass is 377 g/mol. The van der Waals surface area contributed by atoms with E-state index in [4.69, 9.17) is 9.47 Å². The van der Waals surface area contributed by atoms with Crippen molar-refractivity contribution in [2.24, 2.45) is 11.8 Å². The summed E-state index contributed by atoms with van der Waals surface area (Å²) in [6.07, 6.45) is 18.7. The average Bonchev–Trinajstić information content (AvgIpc) is 3.04. The maximum Gasteiger partial charge on any atom is 0.243 e. The van der Waals surface area contributed by atoms with E-state index in [1.807, 2.05) is 0 Å². The molecule has 0 amide bonds. The molecule has 0 radical (unpaired) electrons. The summed E-state index contributed by atoms with van der Waals surface area (Å²) in [6, 6.07) is 0. The average molecular weight is 378 g/mol. The van der Waals surface area contributed by atoms with Crippen molar-refractivity contribution in [3.05, 3.63) is 18.7 Å². The summed E-state index contributed by atoms with van der Waals surface area (Å²) in [4.78, 5) is 0. The van der Waals surface area contributed by atoms with Gasteiger partial charge in [0.05, 0.1) is 37.5 Å². The van der Waals surface area contributed by atoms with Crippen molar-refractivity contribution in [1.29, 1.82) is 0 Å². The molecule has 4 nitrogen and oxygen atoms in total. The van der Waals surface area contributed by atoms with Crippen LogP contribution in [0.1, 0.15) is 79.1 Å². The van der Waals surface area contributed by atoms with Crippen LogP contribution in [0, 0.1) is 11.8 Å². The molecule has 1 heterocycles. The summed E-state index contributed by atoms with van der Waals surface area (Å²) in [6.45, 7) is 10.8. The van der Waals surface area contributed by atoms with Gasteiger partial charge in [0.25, 0.3) is 0 Å². The van der Waals surface area contributed by atoms with E-state index in [-0.39, 0.29) is 0 Å². The van der Waals surface area contributed by atoms with Crippen LogP contribution in [0.5, 0.6) is 0 Å². The Bertz CT molecular complexity index is 508. The molecule has 0 bridgehead atoms. The van der Waals surface area contributed by atoms with Gasteiger partial charge in [-0.25, -0.2) is 9.13 Å². The largest absolute Gasteiger partial charge is 0.375 e. The van der Waals surface area contributed by atoms with Gasteiger partial charge in [-0.15, -0.1) is 0 Å². The minimum absolute atomic E-state index is 0.328. The van der Waals surface area contributed by atoms with E-state index in [2.05, 4.69) is 55.6 Å². The second kappa shape index (κ2) is 10.1. The molecule has 2 saturated carbocycles. The van der Waals surface area contributed by atoms with E-state index >= 15 is 0 Å². The van der Waals surface area contributed by atoms with Crippen molar-refractivity contribution in [2.45, 2.75) is 117 Å². The Hall–Kier alpha value is -0.870. The molecular weight excluding hydrogens is 336 g/mol. The first-order chi connectivity index (χ1) is 13.0. The zero-order chi connectivity index (χ0) is 19.2. The van der Waals surface area contributed by atoms with Gasteiger partial charge in [-0.1, -0.05) is 25.7 Å². The third kappa shape index (κ3) is 6.32. The van der Waals surface area contributed by atoms with Crippen molar-refractivity contribution < 1.29 is 14.0 Å². The van der Waals surface area contributed by atoms with Crippen molar-refractivity contribution >= 4 is 0 Å². The number of hydrogen-bond donors (Lipinski definition) is 0. The summed E-state index contributed by atoms with van der Waals surface area (Å²) >= 11 is 0. The zero-order valence-electron chi connectivity index (χ0n) is 18.0. The van der Waals surface area contributed by atoms with Crippen LogP contribution in [0.15, 0.2) is 18.7 Å². The predicted octanol–water partition coefficient (Wildman–Crippen LogP) is 4.74. The molecular formula is C23H41N2O2+.